The molecule has 0 unspecified atom stereocenters. The number of aryl methyl sites for hydroxylation is 1. The zero-order valence-corrected chi connectivity index (χ0v) is 17.0. The fourth-order valence-corrected chi connectivity index (χ4v) is 3.33. The van der Waals surface area contributed by atoms with E-state index in [9.17, 15) is 14.4 Å². The molecule has 3 aromatic rings. The van der Waals surface area contributed by atoms with Crippen LogP contribution in [0.4, 0.5) is 0 Å². The van der Waals surface area contributed by atoms with Crippen LogP contribution >= 0.6 is 11.6 Å². The number of rotatable bonds is 6. The molecule has 1 amide bonds. The van der Waals surface area contributed by atoms with Gasteiger partial charge >= 0.3 is 5.97 Å². The fourth-order valence-electron chi connectivity index (χ4n) is 3.11. The molecule has 2 aromatic carbocycles. The molecule has 0 aliphatic carbocycles. The number of ether oxygens (including phenoxy) is 1. The lowest BCUT2D eigenvalue weighted by Gasteiger charge is -2.17. The van der Waals surface area contributed by atoms with E-state index in [1.807, 2.05) is 24.3 Å². The van der Waals surface area contributed by atoms with E-state index >= 15 is 0 Å². The molecule has 29 heavy (non-hydrogen) atoms. The van der Waals surface area contributed by atoms with Gasteiger partial charge < -0.3 is 15.0 Å². The third kappa shape index (κ3) is 4.32. The maximum atomic E-state index is 12.9. The van der Waals surface area contributed by atoms with Gasteiger partial charge in [-0.25, -0.2) is 4.79 Å². The van der Waals surface area contributed by atoms with Crippen molar-refractivity contribution in [1.29, 1.82) is 0 Å². The van der Waals surface area contributed by atoms with E-state index in [1.165, 1.54) is 13.8 Å². The molecule has 7 heteroatoms. The Labute approximate surface area is 173 Å². The van der Waals surface area contributed by atoms with Crippen molar-refractivity contribution < 1.29 is 19.1 Å². The van der Waals surface area contributed by atoms with Gasteiger partial charge in [0.15, 0.2) is 6.10 Å². The molecule has 0 radical (unpaired) electrons. The maximum absolute atomic E-state index is 12.9. The molecule has 2 atom stereocenters. The van der Waals surface area contributed by atoms with Crippen LogP contribution in [-0.4, -0.2) is 34.8 Å². The highest BCUT2D eigenvalue weighted by Crippen LogP contribution is 2.24. The zero-order chi connectivity index (χ0) is 21.1. The van der Waals surface area contributed by atoms with Gasteiger partial charge in [-0.2, -0.15) is 0 Å². The van der Waals surface area contributed by atoms with Gasteiger partial charge in [0.2, 0.25) is 5.78 Å². The SMILES string of the molecule is Cc1[nH]c2ccccc2c1C(=O)[C@H](C)OC(=O)[C@H](C)NC(=O)c1ccccc1Cl. The number of Topliss-reactive ketones (excluding diaryl/α,β-unsaturated/α-hetero) is 1. The molecule has 0 fully saturated rings. The van der Waals surface area contributed by atoms with E-state index in [0.717, 1.165) is 10.9 Å². The number of H-pyrrole nitrogens is 1. The highest BCUT2D eigenvalue weighted by molar-refractivity contribution is 6.33. The van der Waals surface area contributed by atoms with Crippen LogP contribution in [0.25, 0.3) is 10.9 Å². The topological polar surface area (TPSA) is 88.3 Å². The monoisotopic (exact) mass is 412 g/mol. The smallest absolute Gasteiger partial charge is 0.329 e. The van der Waals surface area contributed by atoms with Crippen LogP contribution in [0.2, 0.25) is 5.02 Å². The van der Waals surface area contributed by atoms with E-state index in [2.05, 4.69) is 10.3 Å². The van der Waals surface area contributed by atoms with Crippen molar-refractivity contribution in [3.05, 3.63) is 70.4 Å². The summed E-state index contributed by atoms with van der Waals surface area (Å²) >= 11 is 6.00. The number of carbonyl (C=O) groups is 3. The maximum Gasteiger partial charge on any atom is 0.329 e. The van der Waals surface area contributed by atoms with Crippen molar-refractivity contribution in [3.63, 3.8) is 0 Å². The number of carbonyl (C=O) groups excluding carboxylic acids is 3. The molecule has 3 rings (SSSR count). The number of ketones is 1. The number of amides is 1. The summed E-state index contributed by atoms with van der Waals surface area (Å²) in [5.74, 6) is -1.51. The second-order valence-corrected chi connectivity index (χ2v) is 7.20. The molecule has 1 heterocycles. The van der Waals surface area contributed by atoms with Gasteiger partial charge in [0.05, 0.1) is 10.6 Å². The average molecular weight is 413 g/mol. The largest absolute Gasteiger partial charge is 0.453 e. The molecule has 1 aromatic heterocycles. The first-order valence-corrected chi connectivity index (χ1v) is 9.54. The van der Waals surface area contributed by atoms with E-state index < -0.39 is 24.0 Å². The number of halogens is 1. The van der Waals surface area contributed by atoms with Crippen molar-refractivity contribution in [2.75, 3.05) is 0 Å². The highest BCUT2D eigenvalue weighted by Gasteiger charge is 2.27. The van der Waals surface area contributed by atoms with Crippen LogP contribution in [0.1, 0.15) is 40.3 Å². The molecule has 0 aliphatic rings. The van der Waals surface area contributed by atoms with E-state index in [-0.39, 0.29) is 16.4 Å². The summed E-state index contributed by atoms with van der Waals surface area (Å²) in [6.07, 6.45) is -1.000. The summed E-state index contributed by atoms with van der Waals surface area (Å²) < 4.78 is 5.32. The van der Waals surface area contributed by atoms with Crippen molar-refractivity contribution in [2.24, 2.45) is 0 Å². The molecule has 150 valence electrons. The molecular weight excluding hydrogens is 392 g/mol. The van der Waals surface area contributed by atoms with E-state index in [1.54, 1.807) is 31.2 Å². The van der Waals surface area contributed by atoms with Crippen LogP contribution in [0.5, 0.6) is 0 Å². The van der Waals surface area contributed by atoms with Crippen LogP contribution in [-0.2, 0) is 9.53 Å². The summed E-state index contributed by atoms with van der Waals surface area (Å²) in [5, 5.41) is 3.60. The van der Waals surface area contributed by atoms with Gasteiger partial charge in [-0.3, -0.25) is 9.59 Å². The van der Waals surface area contributed by atoms with Gasteiger partial charge in [-0.05, 0) is 39.0 Å². The minimum atomic E-state index is -1.000. The van der Waals surface area contributed by atoms with Gasteiger partial charge in [0.25, 0.3) is 5.91 Å². The van der Waals surface area contributed by atoms with Crippen molar-refractivity contribution in [3.8, 4) is 0 Å². The average Bonchev–Trinajstić information content (AvgIpc) is 3.03. The normalized spacial score (nSPS) is 13.0. The van der Waals surface area contributed by atoms with Crippen LogP contribution in [0.3, 0.4) is 0 Å². The summed E-state index contributed by atoms with van der Waals surface area (Å²) in [4.78, 5) is 40.7. The molecule has 6 nitrogen and oxygen atoms in total. The summed E-state index contributed by atoms with van der Waals surface area (Å²) in [6.45, 7) is 4.81. The second-order valence-electron chi connectivity index (χ2n) is 6.79. The lowest BCUT2D eigenvalue weighted by molar-refractivity contribution is -0.148. The molecule has 0 spiro atoms. The standard InChI is InChI=1S/C22H21ClN2O4/c1-12-19(16-9-5-7-11-18(16)24-12)20(26)14(3)29-22(28)13(2)25-21(27)15-8-4-6-10-17(15)23/h4-11,13-14,24H,1-3H3,(H,25,27)/t13-,14-/m0/s1. The Morgan fingerprint density at radius 1 is 1.03 bits per heavy atom. The summed E-state index contributed by atoms with van der Waals surface area (Å²) in [7, 11) is 0. The predicted molar refractivity (Wildman–Crippen MR) is 111 cm³/mol. The third-order valence-corrected chi connectivity index (χ3v) is 4.95. The number of hydrogen-bond donors (Lipinski definition) is 2. The van der Waals surface area contributed by atoms with Gasteiger partial charge in [0, 0.05) is 22.2 Å². The van der Waals surface area contributed by atoms with Crippen LogP contribution < -0.4 is 5.32 Å². The first kappa shape index (κ1) is 20.6. The Kier molecular flexibility index (Phi) is 6.03. The Hall–Kier alpha value is -3.12. The Morgan fingerprint density at radius 2 is 1.69 bits per heavy atom. The number of hydrogen-bond acceptors (Lipinski definition) is 4. The number of aromatic amines is 1. The lowest BCUT2D eigenvalue weighted by atomic mass is 10.0. The zero-order valence-electron chi connectivity index (χ0n) is 16.3. The van der Waals surface area contributed by atoms with Crippen molar-refractivity contribution in [1.82, 2.24) is 10.3 Å². The summed E-state index contributed by atoms with van der Waals surface area (Å²) in [5.41, 5.74) is 2.30. The number of esters is 1. The van der Waals surface area contributed by atoms with E-state index in [4.69, 9.17) is 16.3 Å². The first-order valence-electron chi connectivity index (χ1n) is 9.17. The fraction of sp³-hybridized carbons (Fsp3) is 0.227. The highest BCUT2D eigenvalue weighted by atomic mass is 35.5. The number of benzene rings is 2. The van der Waals surface area contributed by atoms with Crippen molar-refractivity contribution >= 4 is 40.2 Å². The number of aromatic nitrogens is 1. The number of para-hydroxylation sites is 1. The Morgan fingerprint density at radius 3 is 2.41 bits per heavy atom. The second kappa shape index (κ2) is 8.49. The van der Waals surface area contributed by atoms with Gasteiger partial charge in [0.1, 0.15) is 6.04 Å². The van der Waals surface area contributed by atoms with Gasteiger partial charge in [-0.1, -0.05) is 41.9 Å². The quantitative estimate of drug-likeness (QED) is 0.472. The number of fused-ring (bicyclic) bond motifs is 1. The third-order valence-electron chi connectivity index (χ3n) is 4.62. The number of nitrogens with one attached hydrogen (secondary N) is 2. The lowest BCUT2D eigenvalue weighted by Crippen LogP contribution is -2.41. The molecule has 0 saturated carbocycles. The molecule has 2 N–H and O–H groups in total. The molecular formula is C22H21ClN2O4. The Balaban J connectivity index is 1.68. The predicted octanol–water partition coefficient (Wildman–Crippen LogP) is 4.06. The molecule has 0 bridgehead atoms. The Bertz CT molecular complexity index is 1090. The van der Waals surface area contributed by atoms with Crippen LogP contribution in [0, 0.1) is 6.92 Å². The van der Waals surface area contributed by atoms with E-state index in [0.29, 0.717) is 11.3 Å². The minimum Gasteiger partial charge on any atom is -0.453 e. The molecule has 0 saturated heterocycles. The molecule has 0 aliphatic heterocycles. The van der Waals surface area contributed by atoms with Crippen LogP contribution in [0.15, 0.2) is 48.5 Å². The summed E-state index contributed by atoms with van der Waals surface area (Å²) in [6, 6.07) is 13.0. The minimum absolute atomic E-state index is 0.257. The van der Waals surface area contributed by atoms with Crippen molar-refractivity contribution in [2.45, 2.75) is 32.9 Å². The van der Waals surface area contributed by atoms with Gasteiger partial charge in [-0.15, -0.1) is 0 Å². The first-order chi connectivity index (χ1) is 13.8.